The quantitative estimate of drug-likeness (QED) is 0.428. The summed E-state index contributed by atoms with van der Waals surface area (Å²) in [4.78, 5) is 47.1. The van der Waals surface area contributed by atoms with E-state index in [1.54, 1.807) is 9.80 Å². The van der Waals surface area contributed by atoms with Crippen LogP contribution in [0.5, 0.6) is 0 Å². The van der Waals surface area contributed by atoms with Crippen LogP contribution in [0.25, 0.3) is 0 Å². The van der Waals surface area contributed by atoms with E-state index in [0.717, 1.165) is 12.8 Å². The van der Waals surface area contributed by atoms with Crippen molar-refractivity contribution in [3.63, 3.8) is 0 Å². The number of unbranched alkanes of at least 4 members (excludes halogenated alkanes) is 2. The maximum atomic E-state index is 14.1. The van der Waals surface area contributed by atoms with E-state index in [-0.39, 0.29) is 30.4 Å². The fraction of sp³-hybridized carbons (Fsp3) is 0.731. The summed E-state index contributed by atoms with van der Waals surface area (Å²) in [5.41, 5.74) is -2.14. The van der Waals surface area contributed by atoms with Crippen molar-refractivity contribution in [3.05, 3.63) is 24.3 Å². The van der Waals surface area contributed by atoms with E-state index in [4.69, 9.17) is 9.84 Å². The van der Waals surface area contributed by atoms with Crippen molar-refractivity contribution in [2.75, 3.05) is 32.8 Å². The fourth-order valence-electron chi connectivity index (χ4n) is 6.34. The van der Waals surface area contributed by atoms with Gasteiger partial charge in [0.1, 0.15) is 11.6 Å². The smallest absolute Gasteiger partial charge is 0.249 e. The molecular weight excluding hydrogens is 434 g/mol. The lowest BCUT2D eigenvalue weighted by atomic mass is 9.74. The molecule has 0 aliphatic carbocycles. The van der Waals surface area contributed by atoms with Gasteiger partial charge < -0.3 is 24.5 Å². The minimum Gasteiger partial charge on any atom is -0.396 e. The van der Waals surface area contributed by atoms with E-state index in [0.29, 0.717) is 39.0 Å². The van der Waals surface area contributed by atoms with Crippen LogP contribution in [0.3, 0.4) is 0 Å². The number of ether oxygens (including phenoxy) is 1. The van der Waals surface area contributed by atoms with E-state index in [9.17, 15) is 14.4 Å². The van der Waals surface area contributed by atoms with Crippen molar-refractivity contribution in [2.24, 2.45) is 11.8 Å². The van der Waals surface area contributed by atoms with E-state index in [1.807, 2.05) is 56.9 Å². The predicted molar refractivity (Wildman–Crippen MR) is 128 cm³/mol. The largest absolute Gasteiger partial charge is 0.396 e. The second-order valence-electron chi connectivity index (χ2n) is 10.5. The average Bonchev–Trinajstić information content (AvgIpc) is 3.04. The molecule has 4 rings (SSSR count). The van der Waals surface area contributed by atoms with E-state index < -0.39 is 29.1 Å². The van der Waals surface area contributed by atoms with Gasteiger partial charge in [0.2, 0.25) is 17.7 Å². The highest BCUT2D eigenvalue weighted by molar-refractivity contribution is 6.00. The second kappa shape index (κ2) is 9.46. The SMILES string of the molecule is CCCN1CC=C[C@@]2(C)O[C@]34C=CCN(C(C)C)C(=O)C3N(CCCCCO)C(=O)[C@@H]4[C@H]2C1=O. The summed E-state index contributed by atoms with van der Waals surface area (Å²) in [7, 11) is 0. The molecule has 0 aromatic carbocycles. The Morgan fingerprint density at radius 3 is 2.41 bits per heavy atom. The van der Waals surface area contributed by atoms with Gasteiger partial charge in [-0.3, -0.25) is 14.4 Å². The van der Waals surface area contributed by atoms with Gasteiger partial charge in [0.25, 0.3) is 0 Å². The topological polar surface area (TPSA) is 90.4 Å². The molecule has 0 aromatic rings. The lowest BCUT2D eigenvalue weighted by Gasteiger charge is -2.38. The zero-order valence-electron chi connectivity index (χ0n) is 20.9. The molecule has 0 saturated carbocycles. The first-order valence-corrected chi connectivity index (χ1v) is 12.8. The highest BCUT2D eigenvalue weighted by Gasteiger charge is 2.74. The highest BCUT2D eigenvalue weighted by Crippen LogP contribution is 2.57. The number of amides is 3. The van der Waals surface area contributed by atoms with Crippen molar-refractivity contribution >= 4 is 17.7 Å². The molecule has 2 saturated heterocycles. The lowest BCUT2D eigenvalue weighted by Crippen LogP contribution is -2.57. The van der Waals surface area contributed by atoms with Crippen LogP contribution in [0.15, 0.2) is 24.3 Å². The Morgan fingerprint density at radius 2 is 1.74 bits per heavy atom. The summed E-state index contributed by atoms with van der Waals surface area (Å²) in [6.07, 6.45) is 10.6. The van der Waals surface area contributed by atoms with Gasteiger partial charge in [-0.2, -0.15) is 0 Å². The van der Waals surface area contributed by atoms with E-state index in [1.165, 1.54) is 0 Å². The second-order valence-corrected chi connectivity index (χ2v) is 10.5. The number of likely N-dealkylation sites (tertiary alicyclic amines) is 1. The summed E-state index contributed by atoms with van der Waals surface area (Å²) < 4.78 is 6.78. The molecule has 0 aromatic heterocycles. The Balaban J connectivity index is 1.79. The summed E-state index contributed by atoms with van der Waals surface area (Å²) >= 11 is 0. The normalized spacial score (nSPS) is 35.1. The molecule has 188 valence electrons. The third-order valence-electron chi connectivity index (χ3n) is 7.85. The Hall–Kier alpha value is -2.19. The van der Waals surface area contributed by atoms with Crippen LogP contribution in [0, 0.1) is 11.8 Å². The summed E-state index contributed by atoms with van der Waals surface area (Å²) in [6.45, 7) is 9.93. The summed E-state index contributed by atoms with van der Waals surface area (Å²) in [5.74, 6) is -1.80. The lowest BCUT2D eigenvalue weighted by molar-refractivity contribution is -0.153. The molecule has 8 heteroatoms. The van der Waals surface area contributed by atoms with Crippen LogP contribution in [0.2, 0.25) is 0 Å². The predicted octanol–water partition coefficient (Wildman–Crippen LogP) is 1.74. The monoisotopic (exact) mass is 473 g/mol. The van der Waals surface area contributed by atoms with Crippen LogP contribution < -0.4 is 0 Å². The molecule has 2 fully saturated rings. The van der Waals surface area contributed by atoms with Crippen molar-refractivity contribution in [1.29, 1.82) is 0 Å². The first kappa shape index (κ1) is 24.9. The molecule has 1 N–H and O–H groups in total. The molecule has 4 aliphatic rings. The molecule has 4 aliphatic heterocycles. The number of carbonyl (C=O) groups excluding carboxylic acids is 3. The molecular formula is C26H39N3O5. The number of fused-ring (bicyclic) bond motifs is 2. The molecule has 3 amide bonds. The molecule has 4 heterocycles. The standard InChI is InChI=1S/C26H39N3O5/c1-5-13-27-14-9-11-25(4)19(22(27)31)20-23(32)29(15-7-6-8-17-30)21-24(33)28(18(2)3)16-10-12-26(20,21)34-25/h9-12,18-21,30H,5-8,13-17H2,1-4H3/t19-,20-,21?,25+,26-/m0/s1. The molecule has 8 nitrogen and oxygen atoms in total. The van der Waals surface area contributed by atoms with Crippen LogP contribution in [-0.2, 0) is 19.1 Å². The number of hydrogen-bond donors (Lipinski definition) is 1. The van der Waals surface area contributed by atoms with Crippen LogP contribution >= 0.6 is 0 Å². The third kappa shape index (κ3) is 3.79. The highest BCUT2D eigenvalue weighted by atomic mass is 16.5. The van der Waals surface area contributed by atoms with E-state index in [2.05, 4.69) is 0 Å². The van der Waals surface area contributed by atoms with Crippen molar-refractivity contribution in [1.82, 2.24) is 14.7 Å². The number of aliphatic hydroxyl groups excluding tert-OH is 1. The summed E-state index contributed by atoms with van der Waals surface area (Å²) in [5, 5.41) is 9.17. The fourth-order valence-corrected chi connectivity index (χ4v) is 6.34. The van der Waals surface area contributed by atoms with Crippen molar-refractivity contribution in [2.45, 2.75) is 76.7 Å². The van der Waals surface area contributed by atoms with Gasteiger partial charge in [-0.05, 0) is 46.5 Å². The number of nitrogens with zero attached hydrogens (tertiary/aromatic N) is 3. The first-order valence-electron chi connectivity index (χ1n) is 12.8. The van der Waals surface area contributed by atoms with Crippen LogP contribution in [0.1, 0.15) is 53.4 Å². The van der Waals surface area contributed by atoms with Crippen LogP contribution in [0.4, 0.5) is 0 Å². The number of rotatable bonds is 8. The van der Waals surface area contributed by atoms with Gasteiger partial charge in [0.15, 0.2) is 0 Å². The average molecular weight is 474 g/mol. The van der Waals surface area contributed by atoms with E-state index >= 15 is 0 Å². The molecule has 1 spiro atoms. The molecule has 0 bridgehead atoms. The zero-order chi connectivity index (χ0) is 24.7. The number of aliphatic hydroxyl groups is 1. The molecule has 0 radical (unpaired) electrons. The minimum absolute atomic E-state index is 0.0262. The third-order valence-corrected chi connectivity index (χ3v) is 7.85. The number of hydrogen-bond acceptors (Lipinski definition) is 5. The minimum atomic E-state index is -1.18. The Kier molecular flexibility index (Phi) is 6.93. The van der Waals surface area contributed by atoms with Gasteiger partial charge in [-0.25, -0.2) is 0 Å². The Labute approximate surface area is 202 Å². The molecule has 5 atom stereocenters. The van der Waals surface area contributed by atoms with Crippen LogP contribution in [-0.4, -0.2) is 93.6 Å². The van der Waals surface area contributed by atoms with Gasteiger partial charge in [-0.15, -0.1) is 0 Å². The Bertz CT molecular complexity index is 886. The molecule has 34 heavy (non-hydrogen) atoms. The van der Waals surface area contributed by atoms with Gasteiger partial charge >= 0.3 is 0 Å². The summed E-state index contributed by atoms with van der Waals surface area (Å²) in [6, 6.07) is -0.827. The van der Waals surface area contributed by atoms with Gasteiger partial charge in [0.05, 0.1) is 17.4 Å². The maximum Gasteiger partial charge on any atom is 0.249 e. The van der Waals surface area contributed by atoms with Crippen molar-refractivity contribution in [3.8, 4) is 0 Å². The number of carbonyl (C=O) groups is 3. The Morgan fingerprint density at radius 1 is 1.00 bits per heavy atom. The first-order chi connectivity index (χ1) is 16.2. The zero-order valence-corrected chi connectivity index (χ0v) is 20.9. The van der Waals surface area contributed by atoms with Gasteiger partial charge in [-0.1, -0.05) is 31.2 Å². The molecule has 1 unspecified atom stereocenters. The maximum absolute atomic E-state index is 14.1. The van der Waals surface area contributed by atoms with Crippen molar-refractivity contribution < 1.29 is 24.2 Å². The van der Waals surface area contributed by atoms with Gasteiger partial charge in [0, 0.05) is 38.8 Å².